The number of rotatable bonds is 3. The molecular formula is C26H27OP. The molecule has 0 N–H and O–H groups in total. The molecule has 1 aliphatic rings. The van der Waals surface area contributed by atoms with Crippen molar-refractivity contribution >= 4 is 19.0 Å². The van der Waals surface area contributed by atoms with Crippen molar-refractivity contribution in [3.8, 4) is 22.3 Å². The van der Waals surface area contributed by atoms with Crippen LogP contribution < -0.4 is 5.30 Å². The molecular weight excluding hydrogens is 359 g/mol. The van der Waals surface area contributed by atoms with E-state index >= 15 is 0 Å². The first-order valence-corrected chi connectivity index (χ1v) is 11.7. The second-order valence-corrected chi connectivity index (χ2v) is 10.6. The van der Waals surface area contributed by atoms with Crippen LogP contribution >= 0.6 is 7.92 Å². The van der Waals surface area contributed by atoms with Gasteiger partial charge in [0.15, 0.2) is 0 Å². The summed E-state index contributed by atoms with van der Waals surface area (Å²) in [5, 5.41) is 1.49. The van der Waals surface area contributed by atoms with E-state index in [1.165, 1.54) is 38.7 Å². The van der Waals surface area contributed by atoms with E-state index in [1.54, 1.807) is 0 Å². The first kappa shape index (κ1) is 19.1. The van der Waals surface area contributed by atoms with Gasteiger partial charge in [-0.2, -0.15) is 0 Å². The second kappa shape index (κ2) is 8.02. The Hall–Kier alpha value is -2.24. The SMILES string of the molecule is Cc1ccccc1-c1cccc(-c2ccccc2C)c1P1CCC(=O)CC1C. The van der Waals surface area contributed by atoms with Gasteiger partial charge in [0.2, 0.25) is 0 Å². The normalized spacial score (nSPS) is 19.6. The molecule has 142 valence electrons. The molecule has 0 aromatic heterocycles. The zero-order chi connectivity index (χ0) is 19.7. The zero-order valence-corrected chi connectivity index (χ0v) is 17.8. The van der Waals surface area contributed by atoms with Gasteiger partial charge in [0.05, 0.1) is 0 Å². The fourth-order valence-electron chi connectivity index (χ4n) is 4.38. The van der Waals surface area contributed by atoms with Gasteiger partial charge < -0.3 is 0 Å². The Bertz CT molecular complexity index is 957. The van der Waals surface area contributed by atoms with Crippen molar-refractivity contribution in [2.75, 3.05) is 6.16 Å². The molecule has 4 rings (SSSR count). The Labute approximate surface area is 169 Å². The molecule has 0 aliphatic carbocycles. The highest BCUT2D eigenvalue weighted by molar-refractivity contribution is 7.67. The predicted molar refractivity (Wildman–Crippen MR) is 122 cm³/mol. The summed E-state index contributed by atoms with van der Waals surface area (Å²) in [6, 6.07) is 24.1. The van der Waals surface area contributed by atoms with Gasteiger partial charge in [-0.05, 0) is 64.4 Å². The molecule has 0 bridgehead atoms. The first-order chi connectivity index (χ1) is 13.6. The van der Waals surface area contributed by atoms with Crippen LogP contribution in [-0.2, 0) is 4.79 Å². The third-order valence-electron chi connectivity index (χ3n) is 5.88. The van der Waals surface area contributed by atoms with E-state index in [0.29, 0.717) is 11.4 Å². The third kappa shape index (κ3) is 3.56. The van der Waals surface area contributed by atoms with Gasteiger partial charge in [0.1, 0.15) is 5.78 Å². The Kier molecular flexibility index (Phi) is 5.47. The molecule has 2 unspecified atom stereocenters. The molecule has 1 saturated heterocycles. The smallest absolute Gasteiger partial charge is 0.133 e. The Balaban J connectivity index is 1.98. The Morgan fingerprint density at radius 3 is 1.75 bits per heavy atom. The standard InChI is InChI=1S/C26H27OP/c1-18-9-4-6-11-22(18)24-13-8-14-25(23-12-7-5-10-19(23)2)26(24)28-16-15-21(27)17-20(28)3/h4-14,20H,15-17H2,1-3H3. The fraction of sp³-hybridized carbons (Fsp3) is 0.269. The Morgan fingerprint density at radius 2 is 1.25 bits per heavy atom. The largest absolute Gasteiger partial charge is 0.300 e. The van der Waals surface area contributed by atoms with E-state index in [4.69, 9.17) is 0 Å². The van der Waals surface area contributed by atoms with E-state index in [9.17, 15) is 4.79 Å². The average Bonchev–Trinajstić information content (AvgIpc) is 2.69. The molecule has 3 aromatic carbocycles. The van der Waals surface area contributed by atoms with Crippen LogP contribution in [0, 0.1) is 13.8 Å². The predicted octanol–water partition coefficient (Wildman–Crippen LogP) is 6.50. The van der Waals surface area contributed by atoms with Gasteiger partial charge >= 0.3 is 0 Å². The van der Waals surface area contributed by atoms with E-state index in [2.05, 4.69) is 87.5 Å². The number of benzene rings is 3. The van der Waals surface area contributed by atoms with E-state index in [1.807, 2.05) is 0 Å². The molecule has 0 amide bonds. The van der Waals surface area contributed by atoms with Gasteiger partial charge in [-0.1, -0.05) is 81.6 Å². The molecule has 0 spiro atoms. The number of Topliss-reactive ketones (excluding diaryl/α,β-unsaturated/α-hetero) is 1. The summed E-state index contributed by atoms with van der Waals surface area (Å²) in [6.07, 6.45) is 2.46. The van der Waals surface area contributed by atoms with Crippen LogP contribution in [0.4, 0.5) is 0 Å². The zero-order valence-electron chi connectivity index (χ0n) is 16.9. The lowest BCUT2D eigenvalue weighted by Gasteiger charge is -2.33. The molecule has 1 fully saturated rings. The van der Waals surface area contributed by atoms with Crippen molar-refractivity contribution < 1.29 is 4.79 Å². The van der Waals surface area contributed by atoms with Gasteiger partial charge in [0.25, 0.3) is 0 Å². The van der Waals surface area contributed by atoms with E-state index in [-0.39, 0.29) is 7.92 Å². The van der Waals surface area contributed by atoms with Crippen molar-refractivity contribution in [2.24, 2.45) is 0 Å². The van der Waals surface area contributed by atoms with Crippen LogP contribution in [0.5, 0.6) is 0 Å². The summed E-state index contributed by atoms with van der Waals surface area (Å²) in [4.78, 5) is 12.1. The molecule has 1 nitrogen and oxygen atoms in total. The number of ketones is 1. The molecule has 0 saturated carbocycles. The minimum atomic E-state index is -0.389. The average molecular weight is 386 g/mol. The molecule has 1 aliphatic heterocycles. The molecule has 2 heteroatoms. The maximum absolute atomic E-state index is 12.1. The second-order valence-electron chi connectivity index (χ2n) is 7.87. The summed E-state index contributed by atoms with van der Waals surface area (Å²) < 4.78 is 0. The van der Waals surface area contributed by atoms with Crippen molar-refractivity contribution in [3.05, 3.63) is 77.9 Å². The highest BCUT2D eigenvalue weighted by Crippen LogP contribution is 2.50. The molecule has 0 radical (unpaired) electrons. The van der Waals surface area contributed by atoms with Crippen LogP contribution in [0.2, 0.25) is 0 Å². The van der Waals surface area contributed by atoms with Crippen LogP contribution in [0.15, 0.2) is 66.7 Å². The quantitative estimate of drug-likeness (QED) is 0.470. The van der Waals surface area contributed by atoms with Crippen molar-refractivity contribution in [1.29, 1.82) is 0 Å². The van der Waals surface area contributed by atoms with Gasteiger partial charge in [-0.15, -0.1) is 0 Å². The lowest BCUT2D eigenvalue weighted by atomic mass is 9.94. The molecule has 2 atom stereocenters. The minimum absolute atomic E-state index is 0.389. The summed E-state index contributed by atoms with van der Waals surface area (Å²) in [7, 11) is -0.389. The lowest BCUT2D eigenvalue weighted by molar-refractivity contribution is -0.118. The maximum Gasteiger partial charge on any atom is 0.133 e. The summed E-state index contributed by atoms with van der Waals surface area (Å²) in [5.41, 5.74) is 8.39. The summed E-state index contributed by atoms with van der Waals surface area (Å²) in [5.74, 6) is 0.428. The van der Waals surface area contributed by atoms with Crippen LogP contribution in [0.1, 0.15) is 30.9 Å². The lowest BCUT2D eigenvalue weighted by Crippen LogP contribution is -2.25. The van der Waals surface area contributed by atoms with Crippen LogP contribution in [0.3, 0.4) is 0 Å². The Morgan fingerprint density at radius 1 is 0.750 bits per heavy atom. The van der Waals surface area contributed by atoms with Gasteiger partial charge in [-0.25, -0.2) is 0 Å². The van der Waals surface area contributed by atoms with E-state index in [0.717, 1.165) is 19.0 Å². The highest BCUT2D eigenvalue weighted by atomic mass is 31.1. The summed E-state index contributed by atoms with van der Waals surface area (Å²) >= 11 is 0. The fourth-order valence-corrected chi connectivity index (χ4v) is 7.41. The third-order valence-corrected chi connectivity index (χ3v) is 8.89. The first-order valence-electron chi connectivity index (χ1n) is 10.1. The van der Waals surface area contributed by atoms with E-state index < -0.39 is 0 Å². The van der Waals surface area contributed by atoms with Crippen molar-refractivity contribution in [3.63, 3.8) is 0 Å². The van der Waals surface area contributed by atoms with Crippen LogP contribution in [-0.4, -0.2) is 17.6 Å². The molecule has 1 heterocycles. The van der Waals surface area contributed by atoms with Gasteiger partial charge in [-0.3, -0.25) is 4.79 Å². The number of hydrogen-bond acceptors (Lipinski definition) is 1. The van der Waals surface area contributed by atoms with Crippen LogP contribution in [0.25, 0.3) is 22.3 Å². The minimum Gasteiger partial charge on any atom is -0.300 e. The summed E-state index contributed by atoms with van der Waals surface area (Å²) in [6.45, 7) is 6.67. The number of carbonyl (C=O) groups is 1. The maximum atomic E-state index is 12.1. The molecule has 3 aromatic rings. The molecule has 28 heavy (non-hydrogen) atoms. The van der Waals surface area contributed by atoms with Gasteiger partial charge in [0, 0.05) is 12.8 Å². The van der Waals surface area contributed by atoms with Crippen molar-refractivity contribution in [1.82, 2.24) is 0 Å². The van der Waals surface area contributed by atoms with Crippen molar-refractivity contribution in [2.45, 2.75) is 39.3 Å². The number of hydrogen-bond donors (Lipinski definition) is 0. The number of aryl methyl sites for hydroxylation is 2. The highest BCUT2D eigenvalue weighted by Gasteiger charge is 2.31. The number of carbonyl (C=O) groups excluding carboxylic acids is 1. The monoisotopic (exact) mass is 386 g/mol. The topological polar surface area (TPSA) is 17.1 Å².